The van der Waals surface area contributed by atoms with Gasteiger partial charge in [-0.05, 0) is 44.0 Å². The number of allylic oxidation sites excluding steroid dienone is 2. The van der Waals surface area contributed by atoms with Crippen molar-refractivity contribution in [2.75, 3.05) is 0 Å². The van der Waals surface area contributed by atoms with Crippen molar-refractivity contribution >= 4 is 11.4 Å². The van der Waals surface area contributed by atoms with E-state index in [1.807, 2.05) is 31.5 Å². The lowest BCUT2D eigenvalue weighted by Crippen LogP contribution is -2.14. The quantitative estimate of drug-likeness (QED) is 0.709. The third-order valence-electron chi connectivity index (χ3n) is 5.12. The molecular formula is C21H20N4O. The molecule has 1 fully saturated rings. The first kappa shape index (κ1) is 15.5. The number of aryl methyl sites for hydroxylation is 1. The Hall–Kier alpha value is -2.79. The van der Waals surface area contributed by atoms with E-state index in [2.05, 4.69) is 45.6 Å². The van der Waals surface area contributed by atoms with Crippen molar-refractivity contribution in [2.45, 2.75) is 32.5 Å². The maximum absolute atomic E-state index is 5.97. The van der Waals surface area contributed by atoms with Crippen LogP contribution in [-0.4, -0.2) is 31.6 Å². The Kier molecular flexibility index (Phi) is 3.50. The van der Waals surface area contributed by atoms with Crippen molar-refractivity contribution < 1.29 is 4.74 Å². The fourth-order valence-electron chi connectivity index (χ4n) is 3.99. The molecule has 0 N–H and O–H groups in total. The summed E-state index contributed by atoms with van der Waals surface area (Å²) in [6.45, 7) is 4.14. The number of fused-ring (bicyclic) bond motifs is 2. The summed E-state index contributed by atoms with van der Waals surface area (Å²) >= 11 is 0. The number of pyridine rings is 1. The number of aromatic nitrogens is 4. The predicted molar refractivity (Wildman–Crippen MR) is 101 cm³/mol. The highest BCUT2D eigenvalue weighted by Gasteiger charge is 2.32. The van der Waals surface area contributed by atoms with Gasteiger partial charge in [-0.3, -0.25) is 9.38 Å². The summed E-state index contributed by atoms with van der Waals surface area (Å²) in [4.78, 5) is 13.6. The Morgan fingerprint density at radius 1 is 1.23 bits per heavy atom. The van der Waals surface area contributed by atoms with E-state index in [9.17, 15) is 0 Å². The van der Waals surface area contributed by atoms with E-state index in [0.717, 1.165) is 29.1 Å². The molecular weight excluding hydrogens is 324 g/mol. The molecule has 26 heavy (non-hydrogen) atoms. The standard InChI is InChI=1S/C21H20N4O/c1-13-10-15(6-8-22-13)19-20(25-9-3-7-23-21(25)24-19)16-4-5-18-17(12-16)11-14(2)26-18/h3-10,12,14,17-18H,11H2,1-2H3. The molecule has 2 aliphatic rings. The summed E-state index contributed by atoms with van der Waals surface area (Å²) in [5.74, 6) is 1.12. The number of nitrogens with zero attached hydrogens (tertiary/aromatic N) is 4. The minimum absolute atomic E-state index is 0.192. The van der Waals surface area contributed by atoms with Crippen LogP contribution in [0, 0.1) is 12.8 Å². The molecule has 0 amide bonds. The summed E-state index contributed by atoms with van der Waals surface area (Å²) in [6, 6.07) is 6.02. The van der Waals surface area contributed by atoms with E-state index >= 15 is 0 Å². The molecule has 1 saturated heterocycles. The van der Waals surface area contributed by atoms with Crippen LogP contribution in [0.4, 0.5) is 0 Å². The molecule has 130 valence electrons. The van der Waals surface area contributed by atoms with E-state index in [1.165, 1.54) is 5.57 Å². The lowest BCUT2D eigenvalue weighted by atomic mass is 9.90. The van der Waals surface area contributed by atoms with E-state index in [4.69, 9.17) is 9.72 Å². The van der Waals surface area contributed by atoms with Crippen molar-refractivity contribution in [3.05, 3.63) is 66.4 Å². The Morgan fingerprint density at radius 2 is 2.15 bits per heavy atom. The predicted octanol–water partition coefficient (Wildman–Crippen LogP) is 3.85. The zero-order valence-corrected chi connectivity index (χ0v) is 14.8. The fraction of sp³-hybridized carbons (Fsp3) is 0.286. The molecule has 5 rings (SSSR count). The van der Waals surface area contributed by atoms with Crippen LogP contribution in [0.3, 0.4) is 0 Å². The molecule has 1 aliphatic heterocycles. The summed E-state index contributed by atoms with van der Waals surface area (Å²) < 4.78 is 8.04. The fourth-order valence-corrected chi connectivity index (χ4v) is 3.99. The molecule has 0 spiro atoms. The molecule has 0 aromatic carbocycles. The Morgan fingerprint density at radius 3 is 3.04 bits per heavy atom. The molecule has 3 aromatic heterocycles. The summed E-state index contributed by atoms with van der Waals surface area (Å²) in [5, 5.41) is 0. The van der Waals surface area contributed by atoms with Gasteiger partial charge in [-0.1, -0.05) is 18.2 Å². The second-order valence-electron chi connectivity index (χ2n) is 7.08. The first-order valence-corrected chi connectivity index (χ1v) is 9.01. The number of ether oxygens (including phenoxy) is 1. The zero-order chi connectivity index (χ0) is 17.7. The largest absolute Gasteiger partial charge is 0.371 e. The number of hydrogen-bond donors (Lipinski definition) is 0. The first-order valence-electron chi connectivity index (χ1n) is 9.01. The van der Waals surface area contributed by atoms with Gasteiger partial charge >= 0.3 is 0 Å². The third kappa shape index (κ3) is 2.47. The van der Waals surface area contributed by atoms with Crippen molar-refractivity contribution in [1.29, 1.82) is 0 Å². The van der Waals surface area contributed by atoms with Crippen LogP contribution in [0.25, 0.3) is 22.6 Å². The van der Waals surface area contributed by atoms with Gasteiger partial charge in [0.05, 0.1) is 23.6 Å². The smallest absolute Gasteiger partial charge is 0.234 e. The van der Waals surface area contributed by atoms with Gasteiger partial charge < -0.3 is 4.74 Å². The Balaban J connectivity index is 1.71. The van der Waals surface area contributed by atoms with Crippen LogP contribution in [0.1, 0.15) is 24.7 Å². The lowest BCUT2D eigenvalue weighted by molar-refractivity contribution is 0.0774. The van der Waals surface area contributed by atoms with Crippen molar-refractivity contribution in [2.24, 2.45) is 5.92 Å². The van der Waals surface area contributed by atoms with E-state index in [0.29, 0.717) is 17.8 Å². The highest BCUT2D eigenvalue weighted by atomic mass is 16.5. The van der Waals surface area contributed by atoms with Crippen LogP contribution in [0.2, 0.25) is 0 Å². The van der Waals surface area contributed by atoms with Gasteiger partial charge in [0.15, 0.2) is 0 Å². The third-order valence-corrected chi connectivity index (χ3v) is 5.12. The molecule has 3 aromatic rings. The average Bonchev–Trinajstić information content (AvgIpc) is 3.20. The molecule has 3 unspecified atom stereocenters. The van der Waals surface area contributed by atoms with Crippen molar-refractivity contribution in [1.82, 2.24) is 19.4 Å². The van der Waals surface area contributed by atoms with Gasteiger partial charge in [-0.2, -0.15) is 0 Å². The van der Waals surface area contributed by atoms with Gasteiger partial charge in [-0.25, -0.2) is 9.97 Å². The Bertz CT molecular complexity index is 1050. The summed E-state index contributed by atoms with van der Waals surface area (Å²) in [6.07, 6.45) is 13.9. The van der Waals surface area contributed by atoms with Crippen LogP contribution < -0.4 is 0 Å². The zero-order valence-electron chi connectivity index (χ0n) is 14.8. The van der Waals surface area contributed by atoms with Gasteiger partial charge in [0.2, 0.25) is 5.78 Å². The highest BCUT2D eigenvalue weighted by Crippen LogP contribution is 2.38. The topological polar surface area (TPSA) is 52.3 Å². The second-order valence-corrected chi connectivity index (χ2v) is 7.08. The number of imidazole rings is 1. The minimum Gasteiger partial charge on any atom is -0.371 e. The molecule has 4 heterocycles. The van der Waals surface area contributed by atoms with Crippen molar-refractivity contribution in [3.8, 4) is 11.3 Å². The highest BCUT2D eigenvalue weighted by molar-refractivity contribution is 5.84. The molecule has 1 aliphatic carbocycles. The number of rotatable bonds is 2. The van der Waals surface area contributed by atoms with Gasteiger partial charge in [0, 0.05) is 35.8 Å². The number of hydrogen-bond acceptors (Lipinski definition) is 4. The van der Waals surface area contributed by atoms with E-state index < -0.39 is 0 Å². The molecule has 0 saturated carbocycles. The first-order chi connectivity index (χ1) is 12.7. The average molecular weight is 344 g/mol. The molecule has 0 radical (unpaired) electrons. The monoisotopic (exact) mass is 344 g/mol. The normalized spacial score (nSPS) is 24.7. The van der Waals surface area contributed by atoms with Crippen LogP contribution >= 0.6 is 0 Å². The minimum atomic E-state index is 0.192. The lowest BCUT2D eigenvalue weighted by Gasteiger charge is -2.18. The Labute approximate surface area is 152 Å². The van der Waals surface area contributed by atoms with Crippen LogP contribution in [0.5, 0.6) is 0 Å². The van der Waals surface area contributed by atoms with Gasteiger partial charge in [0.1, 0.15) is 0 Å². The SMILES string of the molecule is Cc1cc(-c2nc3ncccn3c2C2=CC3CC(C)OC3C=C2)ccn1. The van der Waals surface area contributed by atoms with Gasteiger partial charge in [0.25, 0.3) is 0 Å². The van der Waals surface area contributed by atoms with E-state index in [-0.39, 0.29) is 6.10 Å². The van der Waals surface area contributed by atoms with E-state index in [1.54, 1.807) is 6.20 Å². The van der Waals surface area contributed by atoms with Crippen molar-refractivity contribution in [3.63, 3.8) is 0 Å². The second kappa shape index (κ2) is 5.88. The summed E-state index contributed by atoms with van der Waals surface area (Å²) in [7, 11) is 0. The molecule has 0 bridgehead atoms. The summed E-state index contributed by atoms with van der Waals surface area (Å²) in [5.41, 5.74) is 5.23. The van der Waals surface area contributed by atoms with Crippen LogP contribution in [0.15, 0.2) is 55.0 Å². The maximum Gasteiger partial charge on any atom is 0.234 e. The van der Waals surface area contributed by atoms with Crippen LogP contribution in [-0.2, 0) is 4.74 Å². The molecule has 3 atom stereocenters. The maximum atomic E-state index is 5.97. The van der Waals surface area contributed by atoms with Gasteiger partial charge in [-0.15, -0.1) is 0 Å². The molecule has 5 heteroatoms. The molecule has 5 nitrogen and oxygen atoms in total.